The summed E-state index contributed by atoms with van der Waals surface area (Å²) in [5.74, 6) is -0.487. The van der Waals surface area contributed by atoms with E-state index in [9.17, 15) is 9.59 Å². The maximum absolute atomic E-state index is 13.2. The number of amides is 1. The van der Waals surface area contributed by atoms with Crippen molar-refractivity contribution in [3.8, 4) is 5.69 Å². The van der Waals surface area contributed by atoms with Crippen LogP contribution in [0.3, 0.4) is 0 Å². The van der Waals surface area contributed by atoms with Gasteiger partial charge in [0.15, 0.2) is 5.69 Å². The van der Waals surface area contributed by atoms with Crippen molar-refractivity contribution in [1.29, 1.82) is 0 Å². The average molecular weight is 367 g/mol. The first-order chi connectivity index (χ1) is 13.2. The van der Waals surface area contributed by atoms with Crippen LogP contribution in [-0.2, 0) is 22.4 Å². The second-order valence-electron chi connectivity index (χ2n) is 7.22. The Morgan fingerprint density at radius 3 is 2.78 bits per heavy atom. The molecule has 2 heterocycles. The number of para-hydroxylation sites is 1. The summed E-state index contributed by atoms with van der Waals surface area (Å²) in [6.45, 7) is 3.27. The quantitative estimate of drug-likeness (QED) is 0.780. The van der Waals surface area contributed by atoms with Crippen LogP contribution in [0.25, 0.3) is 5.69 Å². The number of nitrogens with zero attached hydrogens (tertiary/aromatic N) is 3. The van der Waals surface area contributed by atoms with Crippen molar-refractivity contribution in [2.24, 2.45) is 5.92 Å². The van der Waals surface area contributed by atoms with E-state index in [0.29, 0.717) is 25.4 Å². The lowest BCUT2D eigenvalue weighted by atomic mass is 9.97. The summed E-state index contributed by atoms with van der Waals surface area (Å²) in [7, 11) is 0. The lowest BCUT2D eigenvalue weighted by Gasteiger charge is -2.31. The zero-order chi connectivity index (χ0) is 18.8. The van der Waals surface area contributed by atoms with Crippen molar-refractivity contribution in [1.82, 2.24) is 14.7 Å². The maximum Gasteiger partial charge on any atom is 0.310 e. The van der Waals surface area contributed by atoms with E-state index in [1.807, 2.05) is 41.9 Å². The van der Waals surface area contributed by atoms with Crippen LogP contribution in [-0.4, -0.2) is 46.3 Å². The molecule has 2 aliphatic rings. The second-order valence-corrected chi connectivity index (χ2v) is 7.22. The lowest BCUT2D eigenvalue weighted by molar-refractivity contribution is -0.149. The fourth-order valence-corrected chi connectivity index (χ4v) is 4.16. The molecule has 1 aromatic carbocycles. The molecule has 1 atom stereocenters. The molecule has 0 spiro atoms. The highest BCUT2D eigenvalue weighted by Gasteiger charge is 2.34. The molecule has 1 amide bonds. The fraction of sp³-hybridized carbons (Fsp3) is 0.476. The van der Waals surface area contributed by atoms with E-state index in [0.717, 1.165) is 49.0 Å². The molecule has 6 nitrogen and oxygen atoms in total. The minimum absolute atomic E-state index is 0.0585. The van der Waals surface area contributed by atoms with Gasteiger partial charge in [0.25, 0.3) is 5.91 Å². The Labute approximate surface area is 159 Å². The molecule has 0 saturated carbocycles. The summed E-state index contributed by atoms with van der Waals surface area (Å²) < 4.78 is 7.07. The highest BCUT2D eigenvalue weighted by atomic mass is 16.5. The topological polar surface area (TPSA) is 64.4 Å². The molecule has 6 heteroatoms. The SMILES string of the molecule is CCOC(=O)C1CCCN(C(=O)c2nn(-c3ccccc3)c3c2CCC3)C1. The first-order valence-electron chi connectivity index (χ1n) is 9.81. The monoisotopic (exact) mass is 367 g/mol. The molecule has 1 fully saturated rings. The molecule has 0 N–H and O–H groups in total. The van der Waals surface area contributed by atoms with Crippen molar-refractivity contribution in [2.45, 2.75) is 39.0 Å². The minimum Gasteiger partial charge on any atom is -0.466 e. The number of carbonyl (C=O) groups is 2. The number of carbonyl (C=O) groups excluding carboxylic acids is 2. The third kappa shape index (κ3) is 3.36. The Hall–Kier alpha value is -2.63. The van der Waals surface area contributed by atoms with Gasteiger partial charge in [-0.1, -0.05) is 18.2 Å². The van der Waals surface area contributed by atoms with Gasteiger partial charge in [-0.3, -0.25) is 9.59 Å². The number of rotatable bonds is 4. The number of hydrogen-bond acceptors (Lipinski definition) is 4. The van der Waals surface area contributed by atoms with E-state index >= 15 is 0 Å². The Bertz CT molecular complexity index is 844. The number of piperidine rings is 1. The van der Waals surface area contributed by atoms with E-state index in [4.69, 9.17) is 9.84 Å². The van der Waals surface area contributed by atoms with Gasteiger partial charge in [0, 0.05) is 24.3 Å². The number of ether oxygens (including phenoxy) is 1. The Balaban J connectivity index is 1.60. The third-order valence-corrected chi connectivity index (χ3v) is 5.46. The fourth-order valence-electron chi connectivity index (χ4n) is 4.16. The van der Waals surface area contributed by atoms with Gasteiger partial charge in [-0.05, 0) is 51.2 Å². The molecule has 1 aliphatic carbocycles. The molecular weight excluding hydrogens is 342 g/mol. The number of likely N-dealkylation sites (tertiary alicyclic amines) is 1. The maximum atomic E-state index is 13.2. The van der Waals surface area contributed by atoms with Crippen molar-refractivity contribution in [3.05, 3.63) is 47.3 Å². The van der Waals surface area contributed by atoms with Gasteiger partial charge >= 0.3 is 5.97 Å². The molecule has 4 rings (SSSR count). The highest BCUT2D eigenvalue weighted by Crippen LogP contribution is 2.29. The number of hydrogen-bond donors (Lipinski definition) is 0. The van der Waals surface area contributed by atoms with Crippen molar-refractivity contribution >= 4 is 11.9 Å². The summed E-state index contributed by atoms with van der Waals surface area (Å²) >= 11 is 0. The molecule has 142 valence electrons. The first kappa shape index (κ1) is 17.8. The number of benzene rings is 1. The summed E-state index contributed by atoms with van der Waals surface area (Å²) in [4.78, 5) is 27.1. The number of aromatic nitrogens is 2. The second kappa shape index (κ2) is 7.55. The smallest absolute Gasteiger partial charge is 0.310 e. The van der Waals surface area contributed by atoms with Crippen LogP contribution in [0.4, 0.5) is 0 Å². The molecular formula is C21H25N3O3. The summed E-state index contributed by atoms with van der Waals surface area (Å²) in [5.41, 5.74) is 3.75. The zero-order valence-electron chi connectivity index (χ0n) is 15.7. The van der Waals surface area contributed by atoms with E-state index in [-0.39, 0.29) is 17.8 Å². The van der Waals surface area contributed by atoms with Crippen molar-refractivity contribution in [3.63, 3.8) is 0 Å². The standard InChI is InChI=1S/C21H25N3O3/c1-2-27-21(26)15-8-7-13-23(14-15)20(25)19-17-11-6-12-18(17)24(22-19)16-9-4-3-5-10-16/h3-5,9-10,15H,2,6-8,11-14H2,1H3. The van der Waals surface area contributed by atoms with Gasteiger partial charge in [0.05, 0.1) is 18.2 Å². The predicted octanol–water partition coefficient (Wildman–Crippen LogP) is 2.78. The minimum atomic E-state index is -0.230. The van der Waals surface area contributed by atoms with Crippen LogP contribution in [0.15, 0.2) is 30.3 Å². The average Bonchev–Trinajstić information content (AvgIpc) is 3.31. The van der Waals surface area contributed by atoms with Gasteiger partial charge in [-0.2, -0.15) is 5.10 Å². The largest absolute Gasteiger partial charge is 0.466 e. The summed E-state index contributed by atoms with van der Waals surface area (Å²) in [6.07, 6.45) is 4.47. The van der Waals surface area contributed by atoms with Gasteiger partial charge in [-0.15, -0.1) is 0 Å². The van der Waals surface area contributed by atoms with Gasteiger partial charge in [-0.25, -0.2) is 4.68 Å². The van der Waals surface area contributed by atoms with Crippen LogP contribution in [0, 0.1) is 5.92 Å². The van der Waals surface area contributed by atoms with E-state index in [1.54, 1.807) is 4.90 Å². The van der Waals surface area contributed by atoms with E-state index in [1.165, 1.54) is 0 Å². The normalized spacial score (nSPS) is 19.0. The predicted molar refractivity (Wildman–Crippen MR) is 101 cm³/mol. The molecule has 27 heavy (non-hydrogen) atoms. The molecule has 1 aromatic heterocycles. The van der Waals surface area contributed by atoms with Gasteiger partial charge < -0.3 is 9.64 Å². The Morgan fingerprint density at radius 1 is 1.19 bits per heavy atom. The third-order valence-electron chi connectivity index (χ3n) is 5.46. The molecule has 0 radical (unpaired) electrons. The molecule has 1 saturated heterocycles. The number of esters is 1. The zero-order valence-corrected chi connectivity index (χ0v) is 15.7. The first-order valence-corrected chi connectivity index (χ1v) is 9.81. The van der Waals surface area contributed by atoms with E-state index in [2.05, 4.69) is 0 Å². The molecule has 2 aromatic rings. The van der Waals surface area contributed by atoms with Crippen molar-refractivity contribution in [2.75, 3.05) is 19.7 Å². The van der Waals surface area contributed by atoms with E-state index < -0.39 is 0 Å². The van der Waals surface area contributed by atoms with Crippen LogP contribution in [0.1, 0.15) is 47.9 Å². The Kier molecular flexibility index (Phi) is 4.97. The highest BCUT2D eigenvalue weighted by molar-refractivity contribution is 5.94. The van der Waals surface area contributed by atoms with Crippen molar-refractivity contribution < 1.29 is 14.3 Å². The van der Waals surface area contributed by atoms with Crippen LogP contribution >= 0.6 is 0 Å². The molecule has 0 bridgehead atoms. The van der Waals surface area contributed by atoms with Crippen LogP contribution in [0.2, 0.25) is 0 Å². The van der Waals surface area contributed by atoms with Crippen LogP contribution < -0.4 is 0 Å². The Morgan fingerprint density at radius 2 is 2.00 bits per heavy atom. The lowest BCUT2D eigenvalue weighted by Crippen LogP contribution is -2.43. The van der Waals surface area contributed by atoms with Gasteiger partial charge in [0.2, 0.25) is 0 Å². The molecule has 1 unspecified atom stereocenters. The summed E-state index contributed by atoms with van der Waals surface area (Å²) in [6, 6.07) is 9.96. The van der Waals surface area contributed by atoms with Crippen LogP contribution in [0.5, 0.6) is 0 Å². The molecule has 1 aliphatic heterocycles. The number of fused-ring (bicyclic) bond motifs is 1. The summed E-state index contributed by atoms with van der Waals surface area (Å²) in [5, 5.41) is 4.69. The van der Waals surface area contributed by atoms with Gasteiger partial charge in [0.1, 0.15) is 0 Å².